The SMILES string of the molecule is CC(C)(C)NC(=O)Oc1nonc1OC(=O)NC(C)(C)C. The first kappa shape index (κ1) is 16.7. The van der Waals surface area contributed by atoms with Crippen LogP contribution >= 0.6 is 0 Å². The lowest BCUT2D eigenvalue weighted by atomic mass is 10.1. The van der Waals surface area contributed by atoms with Gasteiger partial charge in [0.1, 0.15) is 0 Å². The Labute approximate surface area is 122 Å². The number of rotatable bonds is 2. The fraction of sp³-hybridized carbons (Fsp3) is 0.667. The summed E-state index contributed by atoms with van der Waals surface area (Å²) in [5, 5.41) is 11.8. The summed E-state index contributed by atoms with van der Waals surface area (Å²) >= 11 is 0. The topological polar surface area (TPSA) is 116 Å². The molecule has 0 fully saturated rings. The zero-order valence-electron chi connectivity index (χ0n) is 12.9. The number of nitrogens with zero attached hydrogens (tertiary/aromatic N) is 2. The summed E-state index contributed by atoms with van der Waals surface area (Å²) in [7, 11) is 0. The van der Waals surface area contributed by atoms with Gasteiger partial charge in [0.2, 0.25) is 0 Å². The fourth-order valence-corrected chi connectivity index (χ4v) is 1.14. The third kappa shape index (κ3) is 6.59. The lowest BCUT2D eigenvalue weighted by Crippen LogP contribution is -2.43. The predicted octanol–water partition coefficient (Wildman–Crippen LogP) is 1.84. The van der Waals surface area contributed by atoms with E-state index >= 15 is 0 Å². The Balaban J connectivity index is 2.66. The van der Waals surface area contributed by atoms with Gasteiger partial charge in [-0.25, -0.2) is 14.2 Å². The van der Waals surface area contributed by atoms with Crippen molar-refractivity contribution in [3.63, 3.8) is 0 Å². The molecule has 0 aliphatic rings. The number of amides is 2. The molecule has 118 valence electrons. The number of hydrogen-bond acceptors (Lipinski definition) is 7. The minimum atomic E-state index is -0.765. The molecular formula is C12H20N4O5. The Morgan fingerprint density at radius 1 is 0.857 bits per heavy atom. The van der Waals surface area contributed by atoms with E-state index in [2.05, 4.69) is 25.6 Å². The Morgan fingerprint density at radius 3 is 1.48 bits per heavy atom. The highest BCUT2D eigenvalue weighted by molar-refractivity contribution is 5.73. The molecule has 1 aromatic heterocycles. The van der Waals surface area contributed by atoms with Crippen molar-refractivity contribution in [3.05, 3.63) is 0 Å². The van der Waals surface area contributed by atoms with Crippen molar-refractivity contribution < 1.29 is 23.7 Å². The third-order valence-corrected chi connectivity index (χ3v) is 1.76. The molecule has 1 heterocycles. The van der Waals surface area contributed by atoms with E-state index in [1.165, 1.54) is 0 Å². The average molecular weight is 300 g/mol. The second kappa shape index (κ2) is 5.98. The molecule has 0 unspecified atom stereocenters. The van der Waals surface area contributed by atoms with Crippen molar-refractivity contribution in [2.24, 2.45) is 0 Å². The van der Waals surface area contributed by atoms with Crippen LogP contribution in [0.4, 0.5) is 9.59 Å². The first-order valence-electron chi connectivity index (χ1n) is 6.29. The molecule has 0 saturated heterocycles. The quantitative estimate of drug-likeness (QED) is 0.856. The van der Waals surface area contributed by atoms with Crippen LogP contribution in [-0.2, 0) is 0 Å². The first-order chi connectivity index (χ1) is 9.46. The highest BCUT2D eigenvalue weighted by atomic mass is 16.7. The zero-order valence-corrected chi connectivity index (χ0v) is 12.9. The summed E-state index contributed by atoms with van der Waals surface area (Å²) < 4.78 is 14.1. The van der Waals surface area contributed by atoms with E-state index in [0.29, 0.717) is 0 Å². The lowest BCUT2D eigenvalue weighted by molar-refractivity contribution is 0.177. The number of carbonyl (C=O) groups is 2. The van der Waals surface area contributed by atoms with E-state index in [0.717, 1.165) is 0 Å². The number of ether oxygens (including phenoxy) is 2. The highest BCUT2D eigenvalue weighted by Crippen LogP contribution is 2.22. The maximum absolute atomic E-state index is 11.6. The monoisotopic (exact) mass is 300 g/mol. The van der Waals surface area contributed by atoms with E-state index in [4.69, 9.17) is 9.47 Å². The van der Waals surface area contributed by atoms with Crippen molar-refractivity contribution in [3.8, 4) is 11.8 Å². The number of aromatic nitrogens is 2. The minimum absolute atomic E-state index is 0.333. The van der Waals surface area contributed by atoms with Crippen molar-refractivity contribution in [2.45, 2.75) is 52.6 Å². The molecule has 0 atom stereocenters. The van der Waals surface area contributed by atoms with E-state index in [1.807, 2.05) is 0 Å². The molecule has 0 saturated carbocycles. The summed E-state index contributed by atoms with van der Waals surface area (Å²) in [4.78, 5) is 23.2. The maximum atomic E-state index is 11.6. The first-order valence-corrected chi connectivity index (χ1v) is 6.29. The lowest BCUT2D eigenvalue weighted by Gasteiger charge is -2.20. The van der Waals surface area contributed by atoms with Gasteiger partial charge in [0.15, 0.2) is 0 Å². The molecule has 1 rings (SSSR count). The van der Waals surface area contributed by atoms with Crippen molar-refractivity contribution in [2.75, 3.05) is 0 Å². The highest BCUT2D eigenvalue weighted by Gasteiger charge is 2.24. The van der Waals surface area contributed by atoms with Gasteiger partial charge in [0.25, 0.3) is 0 Å². The summed E-state index contributed by atoms with van der Waals surface area (Å²) in [6, 6.07) is 0. The smallest absolute Gasteiger partial charge is 0.383 e. The zero-order chi connectivity index (χ0) is 16.3. The Morgan fingerprint density at radius 2 is 1.19 bits per heavy atom. The molecule has 2 N–H and O–H groups in total. The largest absolute Gasteiger partial charge is 0.414 e. The maximum Gasteiger partial charge on any atom is 0.414 e. The van der Waals surface area contributed by atoms with Gasteiger partial charge in [-0.1, -0.05) is 0 Å². The van der Waals surface area contributed by atoms with E-state index in [-0.39, 0.29) is 11.8 Å². The van der Waals surface area contributed by atoms with Gasteiger partial charge in [0, 0.05) is 11.1 Å². The Hall–Kier alpha value is -2.32. The van der Waals surface area contributed by atoms with Gasteiger partial charge in [-0.15, -0.1) is 0 Å². The molecule has 1 aromatic rings. The Bertz CT molecular complexity index is 468. The fourth-order valence-electron chi connectivity index (χ4n) is 1.14. The molecule has 9 heteroatoms. The minimum Gasteiger partial charge on any atom is -0.383 e. The van der Waals surface area contributed by atoms with Gasteiger partial charge < -0.3 is 20.1 Å². The number of nitrogens with one attached hydrogen (secondary N) is 2. The van der Waals surface area contributed by atoms with Crippen LogP contribution in [0.2, 0.25) is 0 Å². The van der Waals surface area contributed by atoms with Crippen LogP contribution in [0.15, 0.2) is 4.63 Å². The summed E-state index contributed by atoms with van der Waals surface area (Å²) in [5.41, 5.74) is -0.974. The summed E-state index contributed by atoms with van der Waals surface area (Å²) in [6.07, 6.45) is -1.53. The van der Waals surface area contributed by atoms with E-state index in [1.54, 1.807) is 41.5 Å². The Kier molecular flexibility index (Phi) is 4.77. The van der Waals surface area contributed by atoms with Crippen LogP contribution < -0.4 is 20.1 Å². The predicted molar refractivity (Wildman–Crippen MR) is 72.1 cm³/mol. The van der Waals surface area contributed by atoms with Crippen LogP contribution in [0.5, 0.6) is 11.8 Å². The van der Waals surface area contributed by atoms with Crippen LogP contribution in [0.1, 0.15) is 41.5 Å². The van der Waals surface area contributed by atoms with Gasteiger partial charge in [-0.3, -0.25) is 0 Å². The summed E-state index contributed by atoms with van der Waals surface area (Å²) in [5.74, 6) is -0.665. The second-order valence-electron chi connectivity index (χ2n) is 6.40. The van der Waals surface area contributed by atoms with Crippen LogP contribution in [0.25, 0.3) is 0 Å². The molecule has 0 spiro atoms. The normalized spacial score (nSPS) is 11.7. The molecule has 2 amide bonds. The van der Waals surface area contributed by atoms with E-state index < -0.39 is 23.3 Å². The molecule has 9 nitrogen and oxygen atoms in total. The van der Waals surface area contributed by atoms with Crippen LogP contribution in [-0.4, -0.2) is 33.6 Å². The third-order valence-electron chi connectivity index (χ3n) is 1.76. The molecule has 0 radical (unpaired) electrons. The van der Waals surface area contributed by atoms with Crippen LogP contribution in [0.3, 0.4) is 0 Å². The molecular weight excluding hydrogens is 280 g/mol. The molecule has 0 aliphatic heterocycles. The van der Waals surface area contributed by atoms with Crippen LogP contribution in [0, 0.1) is 0 Å². The van der Waals surface area contributed by atoms with Gasteiger partial charge in [-0.05, 0) is 51.9 Å². The molecule has 0 aromatic carbocycles. The second-order valence-corrected chi connectivity index (χ2v) is 6.40. The molecule has 0 aliphatic carbocycles. The number of hydrogen-bond donors (Lipinski definition) is 2. The standard InChI is InChI=1S/C12H20N4O5/c1-11(2,3)13-9(17)19-7-8(16-21-15-7)20-10(18)14-12(4,5)6/h1-6H3,(H,13,17)(H,14,18). The van der Waals surface area contributed by atoms with Crippen molar-refractivity contribution in [1.82, 2.24) is 20.9 Å². The van der Waals surface area contributed by atoms with Crippen molar-refractivity contribution in [1.29, 1.82) is 0 Å². The van der Waals surface area contributed by atoms with E-state index in [9.17, 15) is 9.59 Å². The molecule has 0 bridgehead atoms. The average Bonchev–Trinajstić information content (AvgIpc) is 2.59. The van der Waals surface area contributed by atoms with Gasteiger partial charge >= 0.3 is 23.9 Å². The van der Waals surface area contributed by atoms with Gasteiger partial charge in [0.05, 0.1) is 0 Å². The van der Waals surface area contributed by atoms with Gasteiger partial charge in [-0.2, -0.15) is 0 Å². The van der Waals surface area contributed by atoms with Crippen molar-refractivity contribution >= 4 is 12.2 Å². The summed E-state index contributed by atoms with van der Waals surface area (Å²) in [6.45, 7) is 10.7. The number of carbonyl (C=O) groups excluding carboxylic acids is 2. The molecule has 21 heavy (non-hydrogen) atoms.